The minimum Gasteiger partial charge on any atom is -0.497 e. The number of hydrogen-bond acceptors (Lipinski definition) is 4. The summed E-state index contributed by atoms with van der Waals surface area (Å²) in [6.07, 6.45) is 0. The molecule has 0 atom stereocenters. The first-order chi connectivity index (χ1) is 9.61. The lowest BCUT2D eigenvalue weighted by Crippen LogP contribution is -2.14. The molecule has 5 heteroatoms. The van der Waals surface area contributed by atoms with Gasteiger partial charge in [0, 0.05) is 0 Å². The molecule has 0 saturated carbocycles. The van der Waals surface area contributed by atoms with Gasteiger partial charge < -0.3 is 20.9 Å². The van der Waals surface area contributed by atoms with E-state index in [1.807, 2.05) is 24.3 Å². The van der Waals surface area contributed by atoms with E-state index in [-0.39, 0.29) is 11.3 Å². The Morgan fingerprint density at radius 3 is 2.45 bits per heavy atom. The zero-order valence-corrected chi connectivity index (χ0v) is 11.1. The van der Waals surface area contributed by atoms with E-state index in [1.165, 1.54) is 0 Å². The van der Waals surface area contributed by atoms with E-state index in [9.17, 15) is 4.79 Å². The van der Waals surface area contributed by atoms with Crippen LogP contribution in [0.3, 0.4) is 0 Å². The van der Waals surface area contributed by atoms with Gasteiger partial charge >= 0.3 is 0 Å². The van der Waals surface area contributed by atoms with Gasteiger partial charge in [0.1, 0.15) is 18.1 Å². The summed E-state index contributed by atoms with van der Waals surface area (Å²) in [5, 5.41) is 0. The molecule has 0 radical (unpaired) electrons. The Morgan fingerprint density at radius 2 is 1.85 bits per heavy atom. The number of benzene rings is 2. The molecular formula is C15H16N2O3. The second-order valence-corrected chi connectivity index (χ2v) is 4.22. The molecule has 2 aromatic carbocycles. The highest BCUT2D eigenvalue weighted by molar-refractivity contribution is 5.99. The first-order valence-electron chi connectivity index (χ1n) is 6.06. The smallest absolute Gasteiger partial charge is 0.250 e. The predicted molar refractivity (Wildman–Crippen MR) is 76.7 cm³/mol. The minimum absolute atomic E-state index is 0.258. The zero-order chi connectivity index (χ0) is 14.5. The lowest BCUT2D eigenvalue weighted by molar-refractivity contribution is 0.100. The van der Waals surface area contributed by atoms with Gasteiger partial charge in [-0.25, -0.2) is 0 Å². The molecule has 4 N–H and O–H groups in total. The summed E-state index contributed by atoms with van der Waals surface area (Å²) in [6, 6.07) is 12.4. The summed E-state index contributed by atoms with van der Waals surface area (Å²) >= 11 is 0. The number of para-hydroxylation sites is 1. The number of primary amides is 1. The summed E-state index contributed by atoms with van der Waals surface area (Å²) in [5.74, 6) is 0.651. The fraction of sp³-hybridized carbons (Fsp3) is 0.133. The number of methoxy groups -OCH3 is 1. The summed E-state index contributed by atoms with van der Waals surface area (Å²) in [4.78, 5) is 11.2. The molecule has 0 aliphatic rings. The van der Waals surface area contributed by atoms with Gasteiger partial charge in [-0.05, 0) is 29.8 Å². The summed E-state index contributed by atoms with van der Waals surface area (Å²) in [6.45, 7) is 0.344. The first-order valence-corrected chi connectivity index (χ1v) is 6.06. The molecule has 20 heavy (non-hydrogen) atoms. The molecule has 2 rings (SSSR count). The molecular weight excluding hydrogens is 256 g/mol. The number of carbonyl (C=O) groups is 1. The van der Waals surface area contributed by atoms with Gasteiger partial charge in [0.2, 0.25) is 0 Å². The average Bonchev–Trinajstić information content (AvgIpc) is 2.46. The van der Waals surface area contributed by atoms with Crippen LogP contribution in [0.25, 0.3) is 0 Å². The van der Waals surface area contributed by atoms with Crippen molar-refractivity contribution in [3.8, 4) is 11.5 Å². The highest BCUT2D eigenvalue weighted by Gasteiger charge is 2.10. The topological polar surface area (TPSA) is 87.6 Å². The third-order valence-electron chi connectivity index (χ3n) is 2.88. The second kappa shape index (κ2) is 5.97. The number of nitrogens with two attached hydrogens (primary N) is 2. The van der Waals surface area contributed by atoms with E-state index >= 15 is 0 Å². The predicted octanol–water partition coefficient (Wildman–Crippen LogP) is 1.96. The van der Waals surface area contributed by atoms with Crippen LogP contribution < -0.4 is 20.9 Å². The van der Waals surface area contributed by atoms with Gasteiger partial charge in [-0.1, -0.05) is 18.2 Å². The van der Waals surface area contributed by atoms with Crippen molar-refractivity contribution >= 4 is 11.6 Å². The van der Waals surface area contributed by atoms with Gasteiger partial charge in [0.05, 0.1) is 18.4 Å². The van der Waals surface area contributed by atoms with Gasteiger partial charge in [0.25, 0.3) is 5.91 Å². The van der Waals surface area contributed by atoms with Crippen molar-refractivity contribution in [3.05, 3.63) is 53.6 Å². The average molecular weight is 272 g/mol. The molecule has 2 aromatic rings. The molecule has 0 fully saturated rings. The van der Waals surface area contributed by atoms with Crippen LogP contribution in [0.15, 0.2) is 42.5 Å². The Kier molecular flexibility index (Phi) is 4.10. The molecule has 0 bridgehead atoms. The number of carbonyl (C=O) groups excluding carboxylic acids is 1. The van der Waals surface area contributed by atoms with Crippen molar-refractivity contribution in [2.24, 2.45) is 5.73 Å². The van der Waals surface area contributed by atoms with E-state index in [4.69, 9.17) is 20.9 Å². The van der Waals surface area contributed by atoms with Crippen molar-refractivity contribution in [2.75, 3.05) is 12.8 Å². The summed E-state index contributed by atoms with van der Waals surface area (Å²) < 4.78 is 10.7. The standard InChI is InChI=1S/C15H16N2O3/c1-19-11-7-5-10(6-8-11)9-20-13-4-2-3-12(14(13)16)15(17)18/h2-8H,9,16H2,1H3,(H2,17,18). The normalized spacial score (nSPS) is 10.1. The van der Waals surface area contributed by atoms with Gasteiger partial charge in [0.15, 0.2) is 0 Å². The van der Waals surface area contributed by atoms with E-state index in [0.29, 0.717) is 12.4 Å². The summed E-state index contributed by atoms with van der Waals surface area (Å²) in [5.41, 5.74) is 12.6. The fourth-order valence-corrected chi connectivity index (χ4v) is 1.77. The molecule has 0 spiro atoms. The molecule has 0 unspecified atom stereocenters. The Labute approximate surface area is 117 Å². The Morgan fingerprint density at radius 1 is 1.15 bits per heavy atom. The van der Waals surface area contributed by atoms with E-state index in [0.717, 1.165) is 11.3 Å². The number of nitrogen functional groups attached to an aromatic ring is 1. The molecule has 104 valence electrons. The highest BCUT2D eigenvalue weighted by atomic mass is 16.5. The second-order valence-electron chi connectivity index (χ2n) is 4.22. The van der Waals surface area contributed by atoms with Crippen LogP contribution in [0.1, 0.15) is 15.9 Å². The largest absolute Gasteiger partial charge is 0.497 e. The minimum atomic E-state index is -0.572. The van der Waals surface area contributed by atoms with Crippen LogP contribution in [0.2, 0.25) is 0 Å². The lowest BCUT2D eigenvalue weighted by atomic mass is 10.1. The third-order valence-corrected chi connectivity index (χ3v) is 2.88. The number of hydrogen-bond donors (Lipinski definition) is 2. The maximum absolute atomic E-state index is 11.2. The lowest BCUT2D eigenvalue weighted by Gasteiger charge is -2.11. The molecule has 0 aromatic heterocycles. The van der Waals surface area contributed by atoms with Crippen LogP contribution in [0.4, 0.5) is 5.69 Å². The molecule has 0 aliphatic heterocycles. The molecule has 1 amide bonds. The van der Waals surface area contributed by atoms with Crippen LogP contribution in [0.5, 0.6) is 11.5 Å². The van der Waals surface area contributed by atoms with Gasteiger partial charge in [-0.2, -0.15) is 0 Å². The van der Waals surface area contributed by atoms with Crippen LogP contribution in [0, 0.1) is 0 Å². The van der Waals surface area contributed by atoms with E-state index in [1.54, 1.807) is 25.3 Å². The first kappa shape index (κ1) is 13.7. The monoisotopic (exact) mass is 272 g/mol. The van der Waals surface area contributed by atoms with E-state index < -0.39 is 5.91 Å². The molecule has 5 nitrogen and oxygen atoms in total. The maximum Gasteiger partial charge on any atom is 0.250 e. The zero-order valence-electron chi connectivity index (χ0n) is 11.1. The maximum atomic E-state index is 11.2. The molecule has 0 aliphatic carbocycles. The molecule has 0 saturated heterocycles. The van der Waals surface area contributed by atoms with Crippen molar-refractivity contribution in [1.82, 2.24) is 0 Å². The SMILES string of the molecule is COc1ccc(COc2cccc(C(N)=O)c2N)cc1. The number of ether oxygens (including phenoxy) is 2. The highest BCUT2D eigenvalue weighted by Crippen LogP contribution is 2.26. The van der Waals surface area contributed by atoms with Gasteiger partial charge in [-0.3, -0.25) is 4.79 Å². The van der Waals surface area contributed by atoms with Crippen molar-refractivity contribution in [3.63, 3.8) is 0 Å². The fourth-order valence-electron chi connectivity index (χ4n) is 1.77. The van der Waals surface area contributed by atoms with Crippen LogP contribution >= 0.6 is 0 Å². The Bertz CT molecular complexity index is 609. The third kappa shape index (κ3) is 3.00. The quantitative estimate of drug-likeness (QED) is 0.814. The number of amides is 1. The van der Waals surface area contributed by atoms with Crippen molar-refractivity contribution in [2.45, 2.75) is 6.61 Å². The number of rotatable bonds is 5. The summed E-state index contributed by atoms with van der Waals surface area (Å²) in [7, 11) is 1.61. The number of anilines is 1. The van der Waals surface area contributed by atoms with Crippen LogP contribution in [-0.4, -0.2) is 13.0 Å². The van der Waals surface area contributed by atoms with Crippen molar-refractivity contribution in [1.29, 1.82) is 0 Å². The van der Waals surface area contributed by atoms with Crippen molar-refractivity contribution < 1.29 is 14.3 Å². The Balaban J connectivity index is 2.10. The van der Waals surface area contributed by atoms with Crippen LogP contribution in [-0.2, 0) is 6.61 Å². The molecule has 0 heterocycles. The van der Waals surface area contributed by atoms with Gasteiger partial charge in [-0.15, -0.1) is 0 Å². The Hall–Kier alpha value is -2.69. The van der Waals surface area contributed by atoms with E-state index in [2.05, 4.69) is 0 Å².